The Kier molecular flexibility index (Phi) is 3.19. The fraction of sp³-hybridized carbons (Fsp3) is 0.333. The number of aliphatic imine (C=N–C) groups is 1. The molecule has 84 valence electrons. The number of ether oxygens (including phenoxy) is 1. The summed E-state index contributed by atoms with van der Waals surface area (Å²) in [5.41, 5.74) is 1.30. The third-order valence-electron chi connectivity index (χ3n) is 2.49. The predicted molar refractivity (Wildman–Crippen MR) is 62.9 cm³/mol. The molecule has 0 aliphatic carbocycles. The minimum Gasteiger partial charge on any atom is -0.465 e. The van der Waals surface area contributed by atoms with Gasteiger partial charge in [-0.2, -0.15) is 0 Å². The van der Waals surface area contributed by atoms with E-state index in [9.17, 15) is 4.79 Å². The number of benzene rings is 1. The molecule has 1 heterocycles. The second kappa shape index (κ2) is 4.79. The Morgan fingerprint density at radius 1 is 1.44 bits per heavy atom. The average molecular weight is 218 g/mol. The molecule has 1 aliphatic heterocycles. The van der Waals surface area contributed by atoms with Crippen LogP contribution in [0, 0.1) is 0 Å². The molecule has 0 saturated heterocycles. The first-order chi connectivity index (χ1) is 7.81. The smallest absolute Gasteiger partial charge is 0.339 e. The van der Waals surface area contributed by atoms with Crippen molar-refractivity contribution < 1.29 is 9.53 Å². The van der Waals surface area contributed by atoms with E-state index in [1.54, 1.807) is 6.07 Å². The second-order valence-electron chi connectivity index (χ2n) is 3.59. The number of nitrogens with zero attached hydrogens (tertiary/aromatic N) is 1. The number of amidine groups is 1. The van der Waals surface area contributed by atoms with Gasteiger partial charge in [0.1, 0.15) is 5.84 Å². The van der Waals surface area contributed by atoms with Crippen molar-refractivity contribution in [3.05, 3.63) is 29.8 Å². The van der Waals surface area contributed by atoms with E-state index in [0.717, 1.165) is 30.9 Å². The van der Waals surface area contributed by atoms with Crippen LogP contribution in [0.2, 0.25) is 0 Å². The highest BCUT2D eigenvalue weighted by Crippen LogP contribution is 2.17. The fourth-order valence-electron chi connectivity index (χ4n) is 1.68. The maximum absolute atomic E-state index is 11.5. The third kappa shape index (κ3) is 2.21. The molecule has 1 aromatic rings. The highest BCUT2D eigenvalue weighted by atomic mass is 16.5. The van der Waals surface area contributed by atoms with Crippen LogP contribution in [0.15, 0.2) is 29.3 Å². The van der Waals surface area contributed by atoms with Gasteiger partial charge in [-0.05, 0) is 18.6 Å². The summed E-state index contributed by atoms with van der Waals surface area (Å²) in [7, 11) is 1.38. The number of carbonyl (C=O) groups excluding carboxylic acids is 1. The van der Waals surface area contributed by atoms with E-state index in [-0.39, 0.29) is 5.97 Å². The SMILES string of the molecule is COC(=O)c1ccccc1NC1=NCCC1. The van der Waals surface area contributed by atoms with Crippen LogP contribution in [-0.2, 0) is 4.74 Å². The molecular weight excluding hydrogens is 204 g/mol. The average Bonchev–Trinajstić information content (AvgIpc) is 2.82. The van der Waals surface area contributed by atoms with Crippen molar-refractivity contribution in [3.63, 3.8) is 0 Å². The quantitative estimate of drug-likeness (QED) is 0.773. The number of rotatable bonds is 2. The lowest BCUT2D eigenvalue weighted by molar-refractivity contribution is 0.0602. The lowest BCUT2D eigenvalue weighted by Gasteiger charge is -2.09. The molecule has 0 fully saturated rings. The summed E-state index contributed by atoms with van der Waals surface area (Å²) < 4.78 is 4.72. The van der Waals surface area contributed by atoms with Gasteiger partial charge in [0.15, 0.2) is 0 Å². The summed E-state index contributed by atoms with van der Waals surface area (Å²) in [6.45, 7) is 0.864. The van der Waals surface area contributed by atoms with Gasteiger partial charge in [0.2, 0.25) is 0 Å². The lowest BCUT2D eigenvalue weighted by atomic mass is 10.1. The van der Waals surface area contributed by atoms with E-state index < -0.39 is 0 Å². The standard InChI is InChI=1S/C12H14N2O2/c1-16-12(15)9-5-2-3-6-10(9)14-11-7-4-8-13-11/h2-3,5-6H,4,7-8H2,1H3,(H,13,14). The van der Waals surface area contributed by atoms with Crippen molar-refractivity contribution in [2.75, 3.05) is 19.0 Å². The second-order valence-corrected chi connectivity index (χ2v) is 3.59. The molecule has 1 aliphatic rings. The van der Waals surface area contributed by atoms with E-state index in [1.165, 1.54) is 7.11 Å². The molecule has 2 rings (SSSR count). The first-order valence-electron chi connectivity index (χ1n) is 5.29. The minimum absolute atomic E-state index is 0.332. The minimum atomic E-state index is -0.332. The van der Waals surface area contributed by atoms with Crippen LogP contribution < -0.4 is 5.32 Å². The molecule has 1 N–H and O–H groups in total. The highest BCUT2D eigenvalue weighted by Gasteiger charge is 2.13. The zero-order chi connectivity index (χ0) is 11.4. The predicted octanol–water partition coefficient (Wildman–Crippen LogP) is 2.08. The van der Waals surface area contributed by atoms with Gasteiger partial charge in [0, 0.05) is 13.0 Å². The van der Waals surface area contributed by atoms with Gasteiger partial charge >= 0.3 is 5.97 Å². The summed E-state index contributed by atoms with van der Waals surface area (Å²) in [5.74, 6) is 0.609. The first kappa shape index (κ1) is 10.7. The Hall–Kier alpha value is -1.84. The third-order valence-corrected chi connectivity index (χ3v) is 2.49. The zero-order valence-corrected chi connectivity index (χ0v) is 9.19. The molecule has 4 heteroatoms. The zero-order valence-electron chi connectivity index (χ0n) is 9.19. The molecule has 0 radical (unpaired) electrons. The number of hydrogen-bond acceptors (Lipinski definition) is 4. The number of anilines is 1. The van der Waals surface area contributed by atoms with Gasteiger partial charge in [-0.25, -0.2) is 4.79 Å². The molecule has 16 heavy (non-hydrogen) atoms. The first-order valence-corrected chi connectivity index (χ1v) is 5.29. The van der Waals surface area contributed by atoms with Gasteiger partial charge in [-0.1, -0.05) is 12.1 Å². The summed E-state index contributed by atoms with van der Waals surface area (Å²) in [6.07, 6.45) is 2.01. The molecule has 0 spiro atoms. The normalized spacial score (nSPS) is 14.4. The Balaban J connectivity index is 2.22. The van der Waals surface area contributed by atoms with Crippen LogP contribution in [0.25, 0.3) is 0 Å². The molecular formula is C12H14N2O2. The van der Waals surface area contributed by atoms with Crippen LogP contribution in [0.4, 0.5) is 5.69 Å². The largest absolute Gasteiger partial charge is 0.465 e. The maximum atomic E-state index is 11.5. The Labute approximate surface area is 94.3 Å². The lowest BCUT2D eigenvalue weighted by Crippen LogP contribution is -2.13. The fourth-order valence-corrected chi connectivity index (χ4v) is 1.68. The molecule has 4 nitrogen and oxygen atoms in total. The van der Waals surface area contributed by atoms with Crippen LogP contribution in [0.5, 0.6) is 0 Å². The number of nitrogens with one attached hydrogen (secondary N) is 1. The van der Waals surface area contributed by atoms with E-state index in [4.69, 9.17) is 4.74 Å². The molecule has 0 aromatic heterocycles. The summed E-state index contributed by atoms with van der Waals surface area (Å²) in [5, 5.41) is 3.17. The number of methoxy groups -OCH3 is 1. The monoisotopic (exact) mass is 218 g/mol. The van der Waals surface area contributed by atoms with E-state index in [2.05, 4.69) is 10.3 Å². The maximum Gasteiger partial charge on any atom is 0.339 e. The summed E-state index contributed by atoms with van der Waals surface area (Å²) in [4.78, 5) is 15.8. The van der Waals surface area contributed by atoms with E-state index >= 15 is 0 Å². The van der Waals surface area contributed by atoms with Gasteiger partial charge in [-0.15, -0.1) is 0 Å². The van der Waals surface area contributed by atoms with Crippen molar-refractivity contribution in [1.82, 2.24) is 0 Å². The Bertz CT molecular complexity index is 427. The molecule has 0 amide bonds. The van der Waals surface area contributed by atoms with Crippen LogP contribution >= 0.6 is 0 Å². The molecule has 0 saturated carbocycles. The number of esters is 1. The van der Waals surface area contributed by atoms with Gasteiger partial charge in [0.25, 0.3) is 0 Å². The summed E-state index contributed by atoms with van der Waals surface area (Å²) in [6, 6.07) is 7.29. The van der Waals surface area contributed by atoms with Gasteiger partial charge < -0.3 is 10.1 Å². The molecule has 1 aromatic carbocycles. The Morgan fingerprint density at radius 2 is 2.25 bits per heavy atom. The van der Waals surface area contributed by atoms with Crippen molar-refractivity contribution in [1.29, 1.82) is 0 Å². The molecule has 0 unspecified atom stereocenters. The Morgan fingerprint density at radius 3 is 2.94 bits per heavy atom. The van der Waals surface area contributed by atoms with E-state index in [1.807, 2.05) is 18.2 Å². The van der Waals surface area contributed by atoms with Crippen molar-refractivity contribution in [2.45, 2.75) is 12.8 Å². The number of hydrogen-bond donors (Lipinski definition) is 1. The number of para-hydroxylation sites is 1. The number of carbonyl (C=O) groups is 1. The van der Waals surface area contributed by atoms with Crippen molar-refractivity contribution in [2.24, 2.45) is 4.99 Å². The van der Waals surface area contributed by atoms with Crippen LogP contribution in [-0.4, -0.2) is 25.5 Å². The van der Waals surface area contributed by atoms with Crippen molar-refractivity contribution in [3.8, 4) is 0 Å². The van der Waals surface area contributed by atoms with Gasteiger partial charge in [0.05, 0.1) is 18.4 Å². The molecule has 0 atom stereocenters. The van der Waals surface area contributed by atoms with Crippen molar-refractivity contribution >= 4 is 17.5 Å². The highest BCUT2D eigenvalue weighted by molar-refractivity contribution is 6.03. The molecule has 0 bridgehead atoms. The van der Waals surface area contributed by atoms with Gasteiger partial charge in [-0.3, -0.25) is 4.99 Å². The summed E-state index contributed by atoms with van der Waals surface area (Å²) >= 11 is 0. The van der Waals surface area contributed by atoms with E-state index in [0.29, 0.717) is 5.56 Å². The van der Waals surface area contributed by atoms with Crippen LogP contribution in [0.3, 0.4) is 0 Å². The topological polar surface area (TPSA) is 50.7 Å². The van der Waals surface area contributed by atoms with Crippen LogP contribution in [0.1, 0.15) is 23.2 Å².